The smallest absolute Gasteiger partial charge is 0.256 e. The van der Waals surface area contributed by atoms with Crippen LogP contribution in [0.15, 0.2) is 30.6 Å². The second kappa shape index (κ2) is 4.85. The molecule has 1 aromatic carbocycles. The number of carbonyl (C=O) groups is 1. The minimum absolute atomic E-state index is 0.216. The molecule has 1 amide bonds. The van der Waals surface area contributed by atoms with Gasteiger partial charge in [0.15, 0.2) is 0 Å². The van der Waals surface area contributed by atoms with Crippen molar-refractivity contribution < 1.29 is 4.79 Å². The molecule has 2 heterocycles. The van der Waals surface area contributed by atoms with Gasteiger partial charge in [0, 0.05) is 23.9 Å². The van der Waals surface area contributed by atoms with E-state index in [0.717, 1.165) is 18.7 Å². The van der Waals surface area contributed by atoms with Crippen LogP contribution < -0.4 is 10.6 Å². The maximum atomic E-state index is 12.1. The molecule has 1 aliphatic rings. The Bertz CT molecular complexity index is 644. The van der Waals surface area contributed by atoms with Crippen molar-refractivity contribution in [1.82, 2.24) is 9.97 Å². The van der Waals surface area contributed by atoms with Crippen LogP contribution in [-0.4, -0.2) is 22.4 Å². The highest BCUT2D eigenvalue weighted by atomic mass is 35.5. The molecule has 6 heteroatoms. The van der Waals surface area contributed by atoms with E-state index >= 15 is 0 Å². The fraction of sp³-hybridized carbons (Fsp3) is 0.154. The zero-order chi connectivity index (χ0) is 13.2. The van der Waals surface area contributed by atoms with Crippen molar-refractivity contribution in [2.45, 2.75) is 6.42 Å². The number of amides is 1. The first kappa shape index (κ1) is 11.9. The molecule has 0 radical (unpaired) electrons. The highest BCUT2D eigenvalue weighted by molar-refractivity contribution is 6.29. The summed E-state index contributed by atoms with van der Waals surface area (Å²) in [5, 5.41) is 6.22. The number of nitrogens with one attached hydrogen (secondary N) is 2. The van der Waals surface area contributed by atoms with Gasteiger partial charge in [-0.15, -0.1) is 0 Å². The van der Waals surface area contributed by atoms with Gasteiger partial charge in [0.1, 0.15) is 17.3 Å². The van der Waals surface area contributed by atoms with E-state index in [4.69, 9.17) is 11.6 Å². The molecule has 0 saturated heterocycles. The zero-order valence-corrected chi connectivity index (χ0v) is 10.7. The number of fused-ring (bicyclic) bond motifs is 1. The molecule has 0 spiro atoms. The van der Waals surface area contributed by atoms with Crippen LogP contribution in [-0.2, 0) is 6.42 Å². The lowest BCUT2D eigenvalue weighted by Gasteiger charge is -2.06. The average Bonchev–Trinajstić information content (AvgIpc) is 2.85. The summed E-state index contributed by atoms with van der Waals surface area (Å²) in [6.07, 6.45) is 2.31. The van der Waals surface area contributed by atoms with Crippen molar-refractivity contribution in [2.24, 2.45) is 0 Å². The molecule has 3 rings (SSSR count). The maximum absolute atomic E-state index is 12.1. The largest absolute Gasteiger partial charge is 0.384 e. The Morgan fingerprint density at radius 3 is 3.05 bits per heavy atom. The lowest BCUT2D eigenvalue weighted by molar-refractivity contribution is 0.102. The van der Waals surface area contributed by atoms with Crippen LogP contribution in [0, 0.1) is 0 Å². The monoisotopic (exact) mass is 274 g/mol. The van der Waals surface area contributed by atoms with Crippen LogP contribution in [0.4, 0.5) is 11.5 Å². The number of hydrogen-bond acceptors (Lipinski definition) is 4. The molecule has 0 aliphatic carbocycles. The number of rotatable bonds is 2. The number of benzene rings is 1. The second-order valence-electron chi connectivity index (χ2n) is 4.23. The fourth-order valence-electron chi connectivity index (χ4n) is 2.02. The molecule has 0 unspecified atom stereocenters. The number of halogens is 1. The predicted molar refractivity (Wildman–Crippen MR) is 73.6 cm³/mol. The number of hydrogen-bond donors (Lipinski definition) is 2. The minimum atomic E-state index is -0.216. The normalized spacial score (nSPS) is 12.7. The van der Waals surface area contributed by atoms with Gasteiger partial charge in [-0.3, -0.25) is 4.79 Å². The number of aromatic nitrogens is 2. The molecule has 0 atom stereocenters. The van der Waals surface area contributed by atoms with Gasteiger partial charge in [0.05, 0.1) is 0 Å². The van der Waals surface area contributed by atoms with Crippen LogP contribution in [0.3, 0.4) is 0 Å². The summed E-state index contributed by atoms with van der Waals surface area (Å²) in [7, 11) is 0. The molecule has 5 nitrogen and oxygen atoms in total. The Balaban J connectivity index is 1.81. The Morgan fingerprint density at radius 2 is 2.21 bits per heavy atom. The quantitative estimate of drug-likeness (QED) is 0.825. The molecule has 0 fully saturated rings. The van der Waals surface area contributed by atoms with E-state index in [9.17, 15) is 4.79 Å². The first-order chi connectivity index (χ1) is 9.22. The highest BCUT2D eigenvalue weighted by Crippen LogP contribution is 2.23. The van der Waals surface area contributed by atoms with E-state index in [2.05, 4.69) is 20.6 Å². The molecule has 1 aliphatic heterocycles. The van der Waals surface area contributed by atoms with Crippen molar-refractivity contribution in [3.8, 4) is 0 Å². The molecule has 1 aromatic heterocycles. The first-order valence-corrected chi connectivity index (χ1v) is 6.26. The van der Waals surface area contributed by atoms with E-state index < -0.39 is 0 Å². The third kappa shape index (κ3) is 2.51. The Morgan fingerprint density at radius 1 is 1.32 bits per heavy atom. The molecular weight excluding hydrogens is 264 g/mol. The molecule has 96 valence electrons. The van der Waals surface area contributed by atoms with Gasteiger partial charge < -0.3 is 10.6 Å². The minimum Gasteiger partial charge on any atom is -0.384 e. The third-order valence-corrected chi connectivity index (χ3v) is 3.16. The van der Waals surface area contributed by atoms with Crippen LogP contribution in [0.25, 0.3) is 0 Å². The standard InChI is InChI=1S/C13H11ClN4O/c14-11-6-12(17-7-16-11)18-13(19)9-2-1-8-3-4-15-10(8)5-9/h1-2,5-7,15H,3-4H2,(H,16,17,18,19). The molecule has 0 saturated carbocycles. The fourth-order valence-corrected chi connectivity index (χ4v) is 2.17. The average molecular weight is 275 g/mol. The summed E-state index contributed by atoms with van der Waals surface area (Å²) in [6.45, 7) is 0.919. The van der Waals surface area contributed by atoms with Gasteiger partial charge in [-0.1, -0.05) is 17.7 Å². The van der Waals surface area contributed by atoms with Gasteiger partial charge in [0.2, 0.25) is 0 Å². The Hall–Kier alpha value is -2.14. The molecule has 0 bridgehead atoms. The molecule has 2 aromatic rings. The van der Waals surface area contributed by atoms with Crippen molar-refractivity contribution >= 4 is 29.0 Å². The molecule has 19 heavy (non-hydrogen) atoms. The van der Waals surface area contributed by atoms with E-state index in [1.54, 1.807) is 0 Å². The second-order valence-corrected chi connectivity index (χ2v) is 4.62. The number of nitrogens with zero attached hydrogens (tertiary/aromatic N) is 2. The molecule has 2 N–H and O–H groups in total. The van der Waals surface area contributed by atoms with Crippen molar-refractivity contribution in [3.05, 3.63) is 46.9 Å². The van der Waals surface area contributed by atoms with Gasteiger partial charge in [-0.25, -0.2) is 9.97 Å². The summed E-state index contributed by atoms with van der Waals surface area (Å²) in [5.74, 6) is 0.171. The lowest BCUT2D eigenvalue weighted by atomic mass is 10.1. The van der Waals surface area contributed by atoms with Crippen LogP contribution >= 0.6 is 11.6 Å². The summed E-state index contributed by atoms with van der Waals surface area (Å²) < 4.78 is 0. The van der Waals surface area contributed by atoms with Crippen LogP contribution in [0.2, 0.25) is 5.15 Å². The maximum Gasteiger partial charge on any atom is 0.256 e. The lowest BCUT2D eigenvalue weighted by Crippen LogP contribution is -2.13. The van der Waals surface area contributed by atoms with E-state index in [1.807, 2.05) is 18.2 Å². The van der Waals surface area contributed by atoms with Crippen molar-refractivity contribution in [3.63, 3.8) is 0 Å². The SMILES string of the molecule is O=C(Nc1cc(Cl)ncn1)c1ccc2c(c1)NCC2. The van der Waals surface area contributed by atoms with E-state index in [0.29, 0.717) is 16.5 Å². The van der Waals surface area contributed by atoms with Crippen molar-refractivity contribution in [1.29, 1.82) is 0 Å². The van der Waals surface area contributed by atoms with Crippen molar-refractivity contribution in [2.75, 3.05) is 17.2 Å². The van der Waals surface area contributed by atoms with E-state index in [-0.39, 0.29) is 5.91 Å². The van der Waals surface area contributed by atoms with Gasteiger partial charge in [-0.05, 0) is 24.1 Å². The zero-order valence-electron chi connectivity index (χ0n) is 9.98. The van der Waals surface area contributed by atoms with Gasteiger partial charge in [0.25, 0.3) is 5.91 Å². The topological polar surface area (TPSA) is 66.9 Å². The Labute approximate surface area is 115 Å². The molecular formula is C13H11ClN4O. The van der Waals surface area contributed by atoms with Crippen LogP contribution in [0.5, 0.6) is 0 Å². The van der Waals surface area contributed by atoms with E-state index in [1.165, 1.54) is 18.0 Å². The summed E-state index contributed by atoms with van der Waals surface area (Å²) in [4.78, 5) is 19.8. The highest BCUT2D eigenvalue weighted by Gasteiger charge is 2.13. The van der Waals surface area contributed by atoms with Gasteiger partial charge in [-0.2, -0.15) is 0 Å². The first-order valence-electron chi connectivity index (χ1n) is 5.88. The summed E-state index contributed by atoms with van der Waals surface area (Å²) >= 11 is 5.74. The summed E-state index contributed by atoms with van der Waals surface area (Å²) in [6, 6.07) is 7.13. The summed E-state index contributed by atoms with van der Waals surface area (Å²) in [5.41, 5.74) is 2.85. The Kier molecular flexibility index (Phi) is 3.05. The third-order valence-electron chi connectivity index (χ3n) is 2.96. The van der Waals surface area contributed by atoms with Gasteiger partial charge >= 0.3 is 0 Å². The number of anilines is 2. The predicted octanol–water partition coefficient (Wildman–Crippen LogP) is 2.35. The number of carbonyl (C=O) groups excluding carboxylic acids is 1. The van der Waals surface area contributed by atoms with Crippen LogP contribution in [0.1, 0.15) is 15.9 Å².